The van der Waals surface area contributed by atoms with Gasteiger partial charge in [-0.2, -0.15) is 0 Å². The van der Waals surface area contributed by atoms with Crippen LogP contribution in [0.25, 0.3) is 0 Å². The van der Waals surface area contributed by atoms with Gasteiger partial charge in [-0.25, -0.2) is 9.78 Å². The number of nitrogens with one attached hydrogen (secondary N) is 4. The van der Waals surface area contributed by atoms with Crippen molar-refractivity contribution in [1.29, 1.82) is 0 Å². The lowest BCUT2D eigenvalue weighted by atomic mass is 10.0. The number of carbonyl (C=O) groups excluding carboxylic acids is 3. The SMILES string of the molecule is CC(C)C(NC(=O)C(Cc1ccccc1)NC(=O)C(CC(=O)O)NC(=O)C(N)Cc1cnc[nH]1)C(=O)O. The van der Waals surface area contributed by atoms with E-state index in [1.807, 2.05) is 0 Å². The van der Waals surface area contributed by atoms with Gasteiger partial charge >= 0.3 is 11.9 Å². The van der Waals surface area contributed by atoms with Crippen LogP contribution in [0.15, 0.2) is 42.9 Å². The number of aliphatic carboxylic acids is 2. The van der Waals surface area contributed by atoms with E-state index in [-0.39, 0.29) is 12.8 Å². The molecular weight excluding hydrogens is 484 g/mol. The molecule has 37 heavy (non-hydrogen) atoms. The number of nitrogens with zero attached hydrogens (tertiary/aromatic N) is 1. The van der Waals surface area contributed by atoms with Crippen LogP contribution in [0.5, 0.6) is 0 Å². The molecule has 0 spiro atoms. The molecule has 1 heterocycles. The minimum Gasteiger partial charge on any atom is -0.481 e. The fraction of sp³-hybridized carbons (Fsp3) is 0.417. The third-order valence-electron chi connectivity index (χ3n) is 5.49. The maximum atomic E-state index is 13.1. The molecule has 0 saturated carbocycles. The molecule has 2 aromatic rings. The first kappa shape index (κ1) is 29.0. The monoisotopic (exact) mass is 516 g/mol. The van der Waals surface area contributed by atoms with Crippen molar-refractivity contribution < 1.29 is 34.2 Å². The second-order valence-electron chi connectivity index (χ2n) is 8.87. The number of amides is 3. The van der Waals surface area contributed by atoms with Crippen LogP contribution in [0.1, 0.15) is 31.5 Å². The molecule has 13 heteroatoms. The number of carboxylic acids is 2. The Balaban J connectivity index is 2.20. The molecule has 0 saturated heterocycles. The van der Waals surface area contributed by atoms with Crippen molar-refractivity contribution >= 4 is 29.7 Å². The van der Waals surface area contributed by atoms with Crippen LogP contribution in [-0.4, -0.2) is 74.0 Å². The molecule has 3 amide bonds. The number of aromatic amines is 1. The molecule has 200 valence electrons. The number of nitrogens with two attached hydrogens (primary N) is 1. The lowest BCUT2D eigenvalue weighted by Gasteiger charge is -2.25. The van der Waals surface area contributed by atoms with Gasteiger partial charge < -0.3 is 36.9 Å². The Bertz CT molecular complexity index is 1070. The summed E-state index contributed by atoms with van der Waals surface area (Å²) in [5, 5.41) is 25.9. The summed E-state index contributed by atoms with van der Waals surface area (Å²) >= 11 is 0. The highest BCUT2D eigenvalue weighted by atomic mass is 16.4. The van der Waals surface area contributed by atoms with E-state index in [9.17, 15) is 34.2 Å². The van der Waals surface area contributed by atoms with Gasteiger partial charge in [-0.1, -0.05) is 44.2 Å². The standard InChI is InChI=1S/C24H32N6O7/c1-13(2)20(24(36)37)30-23(35)17(8-14-6-4-3-5-7-14)29-22(34)18(10-19(31)32)28-21(33)16(25)9-15-11-26-12-27-15/h3-7,11-13,16-18,20H,8-10,25H2,1-2H3,(H,26,27)(H,28,33)(H,29,34)(H,30,35)(H,31,32)(H,36,37). The maximum absolute atomic E-state index is 13.1. The van der Waals surface area contributed by atoms with Gasteiger partial charge in [-0.3, -0.25) is 19.2 Å². The summed E-state index contributed by atoms with van der Waals surface area (Å²) < 4.78 is 0. The molecule has 0 fully saturated rings. The zero-order valence-corrected chi connectivity index (χ0v) is 20.5. The van der Waals surface area contributed by atoms with Gasteiger partial charge in [0.05, 0.1) is 18.8 Å². The molecule has 0 aliphatic carbocycles. The van der Waals surface area contributed by atoms with Gasteiger partial charge in [0.25, 0.3) is 0 Å². The summed E-state index contributed by atoms with van der Waals surface area (Å²) in [4.78, 5) is 68.3. The van der Waals surface area contributed by atoms with Gasteiger partial charge in [-0.15, -0.1) is 0 Å². The fourth-order valence-corrected chi connectivity index (χ4v) is 3.49. The average molecular weight is 517 g/mol. The molecule has 8 N–H and O–H groups in total. The molecule has 1 aromatic carbocycles. The van der Waals surface area contributed by atoms with Gasteiger partial charge in [0.2, 0.25) is 17.7 Å². The van der Waals surface area contributed by atoms with Crippen molar-refractivity contribution in [2.75, 3.05) is 0 Å². The number of carboxylic acid groups (broad SMARTS) is 2. The van der Waals surface area contributed by atoms with E-state index in [4.69, 9.17) is 5.73 Å². The lowest BCUT2D eigenvalue weighted by molar-refractivity contribution is -0.144. The third-order valence-corrected chi connectivity index (χ3v) is 5.49. The second-order valence-corrected chi connectivity index (χ2v) is 8.87. The maximum Gasteiger partial charge on any atom is 0.326 e. The summed E-state index contributed by atoms with van der Waals surface area (Å²) in [7, 11) is 0. The first-order chi connectivity index (χ1) is 17.5. The zero-order chi connectivity index (χ0) is 27.5. The molecule has 0 aliphatic heterocycles. The number of hydrogen-bond acceptors (Lipinski definition) is 7. The molecule has 0 bridgehead atoms. The Hall–Kier alpha value is -4.26. The lowest BCUT2D eigenvalue weighted by Crippen LogP contribution is -2.58. The van der Waals surface area contributed by atoms with E-state index in [0.29, 0.717) is 11.3 Å². The van der Waals surface area contributed by atoms with Gasteiger partial charge in [0.15, 0.2) is 0 Å². The number of H-pyrrole nitrogens is 1. The van der Waals surface area contributed by atoms with Crippen molar-refractivity contribution in [3.63, 3.8) is 0 Å². The molecule has 2 rings (SSSR count). The first-order valence-corrected chi connectivity index (χ1v) is 11.6. The fourth-order valence-electron chi connectivity index (χ4n) is 3.49. The first-order valence-electron chi connectivity index (χ1n) is 11.6. The number of carbonyl (C=O) groups is 5. The second kappa shape index (κ2) is 13.7. The van der Waals surface area contributed by atoms with E-state index in [2.05, 4.69) is 25.9 Å². The van der Waals surface area contributed by atoms with Crippen LogP contribution < -0.4 is 21.7 Å². The normalized spacial score (nSPS) is 14.2. The minimum atomic E-state index is -1.54. The highest BCUT2D eigenvalue weighted by Gasteiger charge is 2.32. The Morgan fingerprint density at radius 3 is 2.08 bits per heavy atom. The summed E-state index contributed by atoms with van der Waals surface area (Å²) in [6.07, 6.45) is 2.18. The van der Waals surface area contributed by atoms with Crippen LogP contribution in [0.2, 0.25) is 0 Å². The van der Waals surface area contributed by atoms with Crippen molar-refractivity contribution in [3.05, 3.63) is 54.1 Å². The van der Waals surface area contributed by atoms with E-state index >= 15 is 0 Å². The Kier molecular flexibility index (Phi) is 10.8. The van der Waals surface area contributed by atoms with Gasteiger partial charge in [0, 0.05) is 24.7 Å². The largest absolute Gasteiger partial charge is 0.481 e. The van der Waals surface area contributed by atoms with Gasteiger partial charge in [-0.05, 0) is 11.5 Å². The van der Waals surface area contributed by atoms with Crippen molar-refractivity contribution in [1.82, 2.24) is 25.9 Å². The van der Waals surface area contributed by atoms with Crippen LogP contribution in [0.3, 0.4) is 0 Å². The van der Waals surface area contributed by atoms with E-state index in [0.717, 1.165) is 0 Å². The van der Waals surface area contributed by atoms with E-state index in [1.165, 1.54) is 12.5 Å². The van der Waals surface area contributed by atoms with Gasteiger partial charge in [0.1, 0.15) is 18.1 Å². The summed E-state index contributed by atoms with van der Waals surface area (Å²) in [5.41, 5.74) is 7.13. The summed E-state index contributed by atoms with van der Waals surface area (Å²) in [6, 6.07) is 3.56. The van der Waals surface area contributed by atoms with Crippen LogP contribution in [0, 0.1) is 5.92 Å². The predicted octanol–water partition coefficient (Wildman–Crippen LogP) is -0.808. The molecule has 1 aromatic heterocycles. The number of aromatic nitrogens is 2. The van der Waals surface area contributed by atoms with E-state index in [1.54, 1.807) is 44.2 Å². The third kappa shape index (κ3) is 9.37. The Labute approximate surface area is 213 Å². The van der Waals surface area contributed by atoms with Crippen molar-refractivity contribution in [2.45, 2.75) is 57.3 Å². The molecule has 4 unspecified atom stereocenters. The quantitative estimate of drug-likeness (QED) is 0.167. The number of hydrogen-bond donors (Lipinski definition) is 7. The molecule has 4 atom stereocenters. The van der Waals surface area contributed by atoms with Crippen molar-refractivity contribution in [2.24, 2.45) is 11.7 Å². The zero-order valence-electron chi connectivity index (χ0n) is 20.5. The summed E-state index contributed by atoms with van der Waals surface area (Å²) in [6.45, 7) is 3.24. The predicted molar refractivity (Wildman–Crippen MR) is 131 cm³/mol. The van der Waals surface area contributed by atoms with Crippen molar-refractivity contribution in [3.8, 4) is 0 Å². The van der Waals surface area contributed by atoms with E-state index < -0.39 is 66.2 Å². The topological polar surface area (TPSA) is 217 Å². The molecule has 13 nitrogen and oxygen atoms in total. The number of imidazole rings is 1. The minimum absolute atomic E-state index is 0.00404. The summed E-state index contributed by atoms with van der Waals surface area (Å²) in [5.74, 6) is -5.52. The Morgan fingerprint density at radius 2 is 1.54 bits per heavy atom. The van der Waals surface area contributed by atoms with Crippen LogP contribution >= 0.6 is 0 Å². The molecule has 0 aliphatic rings. The van der Waals surface area contributed by atoms with Crippen LogP contribution in [0.4, 0.5) is 0 Å². The smallest absolute Gasteiger partial charge is 0.326 e. The Morgan fingerprint density at radius 1 is 0.919 bits per heavy atom. The molecular formula is C24H32N6O7. The highest BCUT2D eigenvalue weighted by Crippen LogP contribution is 2.08. The number of benzene rings is 1. The van der Waals surface area contributed by atoms with Crippen LogP contribution in [-0.2, 0) is 36.8 Å². The average Bonchev–Trinajstić information content (AvgIpc) is 3.34. The number of rotatable bonds is 14. The highest BCUT2D eigenvalue weighted by molar-refractivity contribution is 5.95. The molecule has 0 radical (unpaired) electrons.